The molecule has 0 bridgehead atoms. The summed E-state index contributed by atoms with van der Waals surface area (Å²) in [7, 11) is 1.25. The van der Waals surface area contributed by atoms with E-state index in [1.54, 1.807) is 12.1 Å². The van der Waals surface area contributed by atoms with Crippen LogP contribution >= 0.6 is 0 Å². The number of aryl methyl sites for hydroxylation is 1. The van der Waals surface area contributed by atoms with E-state index in [9.17, 15) is 14.4 Å². The first kappa shape index (κ1) is 20.5. The molecule has 7 nitrogen and oxygen atoms in total. The third-order valence-corrected chi connectivity index (χ3v) is 3.33. The van der Waals surface area contributed by atoms with Crippen LogP contribution in [0.3, 0.4) is 0 Å². The molecular formula is C18H25NO6. The Balaban J connectivity index is 2.40. The fraction of sp³-hybridized carbons (Fsp3) is 0.500. The summed E-state index contributed by atoms with van der Waals surface area (Å²) in [6, 6.07) is 6.49. The van der Waals surface area contributed by atoms with Gasteiger partial charge in [-0.1, -0.05) is 32.0 Å². The summed E-state index contributed by atoms with van der Waals surface area (Å²) in [4.78, 5) is 35.2. The number of carbonyl (C=O) groups is 3. The third kappa shape index (κ3) is 7.69. The molecule has 0 heterocycles. The van der Waals surface area contributed by atoms with Gasteiger partial charge in [0.15, 0.2) is 13.2 Å². The van der Waals surface area contributed by atoms with Crippen LogP contribution in [0.1, 0.15) is 25.8 Å². The van der Waals surface area contributed by atoms with Crippen molar-refractivity contribution in [1.82, 2.24) is 5.32 Å². The summed E-state index contributed by atoms with van der Waals surface area (Å²) < 4.78 is 14.9. The van der Waals surface area contributed by atoms with Crippen molar-refractivity contribution in [3.05, 3.63) is 29.8 Å². The number of ether oxygens (including phenoxy) is 3. The molecule has 1 aromatic rings. The number of nitrogens with one attached hydrogen (secondary N) is 1. The van der Waals surface area contributed by atoms with Crippen molar-refractivity contribution in [2.45, 2.75) is 33.2 Å². The zero-order valence-corrected chi connectivity index (χ0v) is 15.0. The number of para-hydroxylation sites is 1. The van der Waals surface area contributed by atoms with Crippen molar-refractivity contribution < 1.29 is 28.6 Å². The van der Waals surface area contributed by atoms with Crippen molar-refractivity contribution in [3.63, 3.8) is 0 Å². The lowest BCUT2D eigenvalue weighted by Crippen LogP contribution is -2.44. The Labute approximate surface area is 147 Å². The fourth-order valence-electron chi connectivity index (χ4n) is 2.11. The second kappa shape index (κ2) is 10.3. The van der Waals surface area contributed by atoms with Crippen LogP contribution in [0.4, 0.5) is 0 Å². The molecule has 0 radical (unpaired) electrons. The summed E-state index contributed by atoms with van der Waals surface area (Å²) in [5, 5.41) is 2.51. The van der Waals surface area contributed by atoms with E-state index >= 15 is 0 Å². The average molecular weight is 351 g/mol. The molecule has 0 aliphatic heterocycles. The van der Waals surface area contributed by atoms with Crippen molar-refractivity contribution >= 4 is 17.8 Å². The van der Waals surface area contributed by atoms with Gasteiger partial charge in [0.2, 0.25) is 0 Å². The smallest absolute Gasteiger partial charge is 0.344 e. The maximum Gasteiger partial charge on any atom is 0.344 e. The van der Waals surface area contributed by atoms with E-state index in [0.717, 1.165) is 5.56 Å². The van der Waals surface area contributed by atoms with E-state index < -0.39 is 30.5 Å². The van der Waals surface area contributed by atoms with E-state index in [4.69, 9.17) is 9.47 Å². The second-order valence-corrected chi connectivity index (χ2v) is 5.99. The van der Waals surface area contributed by atoms with Crippen molar-refractivity contribution in [3.8, 4) is 5.75 Å². The van der Waals surface area contributed by atoms with Gasteiger partial charge >= 0.3 is 11.9 Å². The molecule has 0 aromatic heterocycles. The van der Waals surface area contributed by atoms with Gasteiger partial charge in [0.25, 0.3) is 5.91 Å². The Bertz CT molecular complexity index is 599. The Kier molecular flexibility index (Phi) is 8.46. The lowest BCUT2D eigenvalue weighted by molar-refractivity contribution is -0.151. The minimum atomic E-state index is -0.764. The molecule has 0 spiro atoms. The van der Waals surface area contributed by atoms with Crippen LogP contribution < -0.4 is 10.1 Å². The highest BCUT2D eigenvalue weighted by Crippen LogP contribution is 2.15. The van der Waals surface area contributed by atoms with Crippen molar-refractivity contribution in [2.75, 3.05) is 20.3 Å². The average Bonchev–Trinajstić information content (AvgIpc) is 2.57. The summed E-state index contributed by atoms with van der Waals surface area (Å²) >= 11 is 0. The largest absolute Gasteiger partial charge is 0.482 e. The van der Waals surface area contributed by atoms with Crippen LogP contribution in [0.25, 0.3) is 0 Å². The number of methoxy groups -OCH3 is 1. The van der Waals surface area contributed by atoms with Gasteiger partial charge in [-0.25, -0.2) is 9.59 Å². The number of amides is 1. The molecule has 1 aromatic carbocycles. The molecule has 1 N–H and O–H groups in total. The maximum absolute atomic E-state index is 11.9. The van der Waals surface area contributed by atoms with Crippen LogP contribution in [0.5, 0.6) is 5.75 Å². The lowest BCUT2D eigenvalue weighted by atomic mass is 10.0. The van der Waals surface area contributed by atoms with Crippen LogP contribution in [-0.2, 0) is 23.9 Å². The predicted molar refractivity (Wildman–Crippen MR) is 91.0 cm³/mol. The first-order chi connectivity index (χ1) is 11.8. The number of benzene rings is 1. The molecule has 0 aliphatic rings. The predicted octanol–water partition coefficient (Wildman–Crippen LogP) is 1.62. The lowest BCUT2D eigenvalue weighted by Gasteiger charge is -2.18. The van der Waals surface area contributed by atoms with E-state index in [1.807, 2.05) is 32.9 Å². The number of rotatable bonds is 9. The Hall–Kier alpha value is -2.57. The zero-order chi connectivity index (χ0) is 18.8. The normalized spacial score (nSPS) is 11.6. The molecule has 0 aliphatic carbocycles. The van der Waals surface area contributed by atoms with E-state index in [1.165, 1.54) is 7.11 Å². The van der Waals surface area contributed by atoms with E-state index in [-0.39, 0.29) is 12.5 Å². The highest BCUT2D eigenvalue weighted by Gasteiger charge is 2.23. The van der Waals surface area contributed by atoms with Gasteiger partial charge in [0.1, 0.15) is 11.8 Å². The quantitative estimate of drug-likeness (QED) is 0.680. The molecule has 0 fully saturated rings. The maximum atomic E-state index is 11.9. The van der Waals surface area contributed by atoms with Crippen molar-refractivity contribution in [2.24, 2.45) is 5.92 Å². The first-order valence-corrected chi connectivity index (χ1v) is 8.04. The molecule has 0 unspecified atom stereocenters. The van der Waals surface area contributed by atoms with Gasteiger partial charge in [0.05, 0.1) is 7.11 Å². The summed E-state index contributed by atoms with van der Waals surface area (Å²) in [6.45, 7) is 4.91. The van der Waals surface area contributed by atoms with Gasteiger partial charge in [0, 0.05) is 0 Å². The molecular weight excluding hydrogens is 326 g/mol. The van der Waals surface area contributed by atoms with Gasteiger partial charge in [-0.05, 0) is 30.9 Å². The Morgan fingerprint density at radius 1 is 1.12 bits per heavy atom. The van der Waals surface area contributed by atoms with Gasteiger partial charge in [-0.3, -0.25) is 4.79 Å². The molecule has 25 heavy (non-hydrogen) atoms. The third-order valence-electron chi connectivity index (χ3n) is 3.33. The zero-order valence-electron chi connectivity index (χ0n) is 15.0. The van der Waals surface area contributed by atoms with E-state index in [2.05, 4.69) is 10.1 Å². The number of hydrogen-bond donors (Lipinski definition) is 1. The number of carbonyl (C=O) groups excluding carboxylic acids is 3. The highest BCUT2D eigenvalue weighted by atomic mass is 16.6. The van der Waals surface area contributed by atoms with Crippen LogP contribution in [0.2, 0.25) is 0 Å². The van der Waals surface area contributed by atoms with Crippen LogP contribution in [0, 0.1) is 12.8 Å². The molecule has 138 valence electrons. The molecule has 7 heteroatoms. The minimum Gasteiger partial charge on any atom is -0.482 e. The Morgan fingerprint density at radius 3 is 2.40 bits per heavy atom. The topological polar surface area (TPSA) is 90.9 Å². The Morgan fingerprint density at radius 2 is 1.80 bits per heavy atom. The molecule has 1 rings (SSSR count). The molecule has 0 saturated heterocycles. The monoisotopic (exact) mass is 351 g/mol. The standard InChI is InChI=1S/C18H25NO6/c1-12(2)9-14(18(22)23-4)19-16(20)10-25-17(21)11-24-15-8-6-5-7-13(15)3/h5-8,12,14H,9-11H2,1-4H3,(H,19,20)/t14-/m0/s1. The first-order valence-electron chi connectivity index (χ1n) is 8.04. The molecule has 1 atom stereocenters. The number of hydrogen-bond acceptors (Lipinski definition) is 6. The fourth-order valence-corrected chi connectivity index (χ4v) is 2.11. The van der Waals surface area contributed by atoms with Gasteiger partial charge in [-0.2, -0.15) is 0 Å². The number of esters is 2. The van der Waals surface area contributed by atoms with Crippen LogP contribution in [0.15, 0.2) is 24.3 Å². The van der Waals surface area contributed by atoms with Gasteiger partial charge < -0.3 is 19.5 Å². The van der Waals surface area contributed by atoms with E-state index in [0.29, 0.717) is 12.2 Å². The summed E-state index contributed by atoms with van der Waals surface area (Å²) in [6.07, 6.45) is 0.433. The second-order valence-electron chi connectivity index (χ2n) is 5.99. The SMILES string of the molecule is COC(=O)[C@H](CC(C)C)NC(=O)COC(=O)COc1ccccc1C. The van der Waals surface area contributed by atoms with Crippen molar-refractivity contribution in [1.29, 1.82) is 0 Å². The highest BCUT2D eigenvalue weighted by molar-refractivity contribution is 5.86. The molecule has 1 amide bonds. The van der Waals surface area contributed by atoms with Gasteiger partial charge in [-0.15, -0.1) is 0 Å². The minimum absolute atomic E-state index is 0.189. The summed E-state index contributed by atoms with van der Waals surface area (Å²) in [5.74, 6) is -1.01. The summed E-state index contributed by atoms with van der Waals surface area (Å²) in [5.41, 5.74) is 0.891. The van der Waals surface area contributed by atoms with Crippen LogP contribution in [-0.4, -0.2) is 44.2 Å². The molecule has 0 saturated carbocycles.